The SMILES string of the molecule is N.O=C(O)c1ccc(-c2ccccc2)cc1.O=C(O)c1ccc(-c2ccccc2)cc1.O=C(O)c1ccc(-c2ccccc2)cc1. The van der Waals surface area contributed by atoms with Gasteiger partial charge in [0.25, 0.3) is 0 Å². The molecule has 0 heterocycles. The van der Waals surface area contributed by atoms with Crippen molar-refractivity contribution in [1.82, 2.24) is 6.15 Å². The summed E-state index contributed by atoms with van der Waals surface area (Å²) in [6.45, 7) is 0. The van der Waals surface area contributed by atoms with E-state index in [0.717, 1.165) is 33.4 Å². The Balaban J connectivity index is 0.000000186. The Labute approximate surface area is 267 Å². The molecule has 0 amide bonds. The molecule has 0 aliphatic rings. The van der Waals surface area contributed by atoms with Crippen LogP contribution in [0.2, 0.25) is 0 Å². The topological polar surface area (TPSA) is 147 Å². The highest BCUT2D eigenvalue weighted by molar-refractivity contribution is 5.89. The summed E-state index contributed by atoms with van der Waals surface area (Å²) in [6, 6.07) is 50.2. The molecule has 0 atom stereocenters. The van der Waals surface area contributed by atoms with Crippen LogP contribution in [0.1, 0.15) is 31.1 Å². The van der Waals surface area contributed by atoms with Gasteiger partial charge in [0.15, 0.2) is 0 Å². The average molecular weight is 612 g/mol. The third-order valence-electron chi connectivity index (χ3n) is 6.72. The van der Waals surface area contributed by atoms with Crippen LogP contribution in [0.15, 0.2) is 164 Å². The van der Waals surface area contributed by atoms with Gasteiger partial charge in [-0.2, -0.15) is 0 Å². The van der Waals surface area contributed by atoms with Crippen molar-refractivity contribution in [2.75, 3.05) is 0 Å². The van der Waals surface area contributed by atoms with Gasteiger partial charge in [-0.25, -0.2) is 14.4 Å². The molecule has 0 aromatic heterocycles. The van der Waals surface area contributed by atoms with E-state index in [1.807, 2.05) is 127 Å². The minimum absolute atomic E-state index is 0. The van der Waals surface area contributed by atoms with E-state index in [-0.39, 0.29) is 6.15 Å². The zero-order chi connectivity index (χ0) is 32.0. The number of hydrogen-bond acceptors (Lipinski definition) is 4. The van der Waals surface area contributed by atoms with E-state index in [4.69, 9.17) is 15.3 Å². The van der Waals surface area contributed by atoms with Crippen molar-refractivity contribution in [3.05, 3.63) is 180 Å². The highest BCUT2D eigenvalue weighted by Gasteiger charge is 2.04. The van der Waals surface area contributed by atoms with E-state index >= 15 is 0 Å². The monoisotopic (exact) mass is 611 g/mol. The molecule has 7 heteroatoms. The number of aromatic carboxylic acids is 3. The maximum absolute atomic E-state index is 10.6. The Bertz CT molecular complexity index is 1600. The van der Waals surface area contributed by atoms with Crippen molar-refractivity contribution >= 4 is 17.9 Å². The zero-order valence-electron chi connectivity index (χ0n) is 24.9. The van der Waals surface area contributed by atoms with Crippen LogP contribution in [0, 0.1) is 0 Å². The summed E-state index contributed by atoms with van der Waals surface area (Å²) in [7, 11) is 0. The van der Waals surface area contributed by atoms with Crippen LogP contribution in [0.4, 0.5) is 0 Å². The van der Waals surface area contributed by atoms with Crippen molar-refractivity contribution in [2.45, 2.75) is 0 Å². The number of carboxylic acid groups (broad SMARTS) is 3. The molecule has 0 fully saturated rings. The Kier molecular flexibility index (Phi) is 12.7. The van der Waals surface area contributed by atoms with Gasteiger partial charge in [0.1, 0.15) is 0 Å². The zero-order valence-corrected chi connectivity index (χ0v) is 24.9. The quantitative estimate of drug-likeness (QED) is 0.147. The maximum atomic E-state index is 10.6. The fourth-order valence-corrected chi connectivity index (χ4v) is 4.31. The van der Waals surface area contributed by atoms with Crippen molar-refractivity contribution < 1.29 is 29.7 Å². The number of hydrogen-bond donors (Lipinski definition) is 4. The highest BCUT2D eigenvalue weighted by Crippen LogP contribution is 2.21. The summed E-state index contributed by atoms with van der Waals surface area (Å²) in [5, 5.41) is 26.2. The van der Waals surface area contributed by atoms with Crippen LogP contribution < -0.4 is 6.15 Å². The molecular weight excluding hydrogens is 578 g/mol. The summed E-state index contributed by atoms with van der Waals surface area (Å²) < 4.78 is 0. The van der Waals surface area contributed by atoms with Crippen molar-refractivity contribution in [1.29, 1.82) is 0 Å². The van der Waals surface area contributed by atoms with Gasteiger partial charge < -0.3 is 21.5 Å². The van der Waals surface area contributed by atoms with Crippen LogP contribution in [-0.4, -0.2) is 33.2 Å². The molecule has 0 bridgehead atoms. The molecule has 6 aromatic carbocycles. The number of rotatable bonds is 6. The van der Waals surface area contributed by atoms with E-state index < -0.39 is 17.9 Å². The standard InChI is InChI=1S/3C13H10O2.H3N/c3*14-13(15)12-8-6-11(7-9-12)10-4-2-1-3-5-10;/h3*1-9H,(H,14,15);1H3. The second kappa shape index (κ2) is 17.1. The summed E-state index contributed by atoms with van der Waals surface area (Å²) >= 11 is 0. The number of benzene rings is 6. The average Bonchev–Trinajstić information content (AvgIpc) is 3.10. The molecule has 6 N–H and O–H groups in total. The van der Waals surface area contributed by atoms with Gasteiger partial charge in [-0.15, -0.1) is 0 Å². The first kappa shape index (κ1) is 34.2. The van der Waals surface area contributed by atoms with Gasteiger partial charge in [-0.1, -0.05) is 127 Å². The smallest absolute Gasteiger partial charge is 0.335 e. The second-order valence-corrected chi connectivity index (χ2v) is 9.75. The van der Waals surface area contributed by atoms with E-state index in [0.29, 0.717) is 16.7 Å². The van der Waals surface area contributed by atoms with Gasteiger partial charge in [0.2, 0.25) is 0 Å². The molecule has 0 saturated carbocycles. The summed E-state index contributed by atoms with van der Waals surface area (Å²) in [5.41, 5.74) is 7.30. The lowest BCUT2D eigenvalue weighted by Crippen LogP contribution is -1.94. The molecule has 230 valence electrons. The second-order valence-electron chi connectivity index (χ2n) is 9.75. The fraction of sp³-hybridized carbons (Fsp3) is 0. The lowest BCUT2D eigenvalue weighted by atomic mass is 10.0. The van der Waals surface area contributed by atoms with Gasteiger partial charge in [0.05, 0.1) is 16.7 Å². The van der Waals surface area contributed by atoms with Gasteiger partial charge >= 0.3 is 17.9 Å². The molecule has 7 nitrogen and oxygen atoms in total. The first-order valence-electron chi connectivity index (χ1n) is 14.0. The Hall–Kier alpha value is -6.31. The molecule has 0 saturated heterocycles. The molecule has 0 aliphatic carbocycles. The van der Waals surface area contributed by atoms with Crippen molar-refractivity contribution in [2.24, 2.45) is 0 Å². The molecule has 0 unspecified atom stereocenters. The van der Waals surface area contributed by atoms with Crippen LogP contribution in [-0.2, 0) is 0 Å². The predicted octanol–water partition coefficient (Wildman–Crippen LogP) is 9.32. The van der Waals surface area contributed by atoms with Gasteiger partial charge in [-0.05, 0) is 69.8 Å². The maximum Gasteiger partial charge on any atom is 0.335 e. The third-order valence-corrected chi connectivity index (χ3v) is 6.72. The lowest BCUT2D eigenvalue weighted by molar-refractivity contribution is 0.0686. The minimum atomic E-state index is -0.894. The largest absolute Gasteiger partial charge is 0.478 e. The first-order valence-corrected chi connectivity index (χ1v) is 14.0. The lowest BCUT2D eigenvalue weighted by Gasteiger charge is -2.01. The van der Waals surface area contributed by atoms with Crippen LogP contribution in [0.25, 0.3) is 33.4 Å². The predicted molar refractivity (Wildman–Crippen MR) is 182 cm³/mol. The fourth-order valence-electron chi connectivity index (χ4n) is 4.31. The summed E-state index contributed by atoms with van der Waals surface area (Å²) in [6.07, 6.45) is 0. The van der Waals surface area contributed by atoms with E-state index in [2.05, 4.69) is 0 Å². The Morgan fingerprint density at radius 3 is 0.630 bits per heavy atom. The van der Waals surface area contributed by atoms with E-state index in [1.54, 1.807) is 36.4 Å². The molecule has 6 rings (SSSR count). The van der Waals surface area contributed by atoms with Crippen molar-refractivity contribution in [3.8, 4) is 33.4 Å². The molecule has 6 aromatic rings. The van der Waals surface area contributed by atoms with Crippen LogP contribution >= 0.6 is 0 Å². The van der Waals surface area contributed by atoms with Crippen molar-refractivity contribution in [3.63, 3.8) is 0 Å². The Morgan fingerprint density at radius 1 is 0.283 bits per heavy atom. The first-order chi connectivity index (χ1) is 21.8. The normalized spacial score (nSPS) is 9.65. The summed E-state index contributed by atoms with van der Waals surface area (Å²) in [4.78, 5) is 31.9. The molecular formula is C39H33NO6. The third kappa shape index (κ3) is 9.87. The molecule has 0 aliphatic heterocycles. The Morgan fingerprint density at radius 2 is 0.457 bits per heavy atom. The highest BCUT2D eigenvalue weighted by atomic mass is 16.4. The van der Waals surface area contributed by atoms with E-state index in [9.17, 15) is 14.4 Å². The summed E-state index contributed by atoms with van der Waals surface area (Å²) in [5.74, 6) is -2.68. The number of carboxylic acids is 3. The van der Waals surface area contributed by atoms with Crippen LogP contribution in [0.5, 0.6) is 0 Å². The van der Waals surface area contributed by atoms with Gasteiger partial charge in [0, 0.05) is 0 Å². The molecule has 0 radical (unpaired) electrons. The minimum Gasteiger partial charge on any atom is -0.478 e. The van der Waals surface area contributed by atoms with Crippen LogP contribution in [0.3, 0.4) is 0 Å². The van der Waals surface area contributed by atoms with Gasteiger partial charge in [-0.3, -0.25) is 0 Å². The van der Waals surface area contributed by atoms with E-state index in [1.165, 1.54) is 0 Å². The molecule has 46 heavy (non-hydrogen) atoms. The number of carbonyl (C=O) groups is 3. The molecule has 0 spiro atoms.